The lowest BCUT2D eigenvalue weighted by Gasteiger charge is -2.15. The fourth-order valence-corrected chi connectivity index (χ4v) is 3.03. The number of esters is 1. The van der Waals surface area contributed by atoms with Crippen LogP contribution in [0.1, 0.15) is 10.4 Å². The van der Waals surface area contributed by atoms with Crippen LogP contribution < -0.4 is 5.32 Å². The molecule has 0 spiro atoms. The second kappa shape index (κ2) is 7.53. The number of benzene rings is 1. The number of aliphatic hydroxyl groups excluding tert-OH is 1. The molecule has 22 heavy (non-hydrogen) atoms. The van der Waals surface area contributed by atoms with Crippen molar-refractivity contribution < 1.29 is 19.4 Å². The molecule has 1 atom stereocenters. The van der Waals surface area contributed by atoms with Crippen molar-refractivity contribution in [2.24, 2.45) is 0 Å². The molecule has 2 aromatic rings. The molecule has 2 N–H and O–H groups in total. The van der Waals surface area contributed by atoms with Gasteiger partial charge in [-0.3, -0.25) is 4.79 Å². The summed E-state index contributed by atoms with van der Waals surface area (Å²) in [7, 11) is 1.20. The van der Waals surface area contributed by atoms with E-state index < -0.39 is 24.5 Å². The van der Waals surface area contributed by atoms with E-state index in [0.29, 0.717) is 5.56 Å². The number of carbonyl (C=O) groups excluding carboxylic acids is 2. The third-order valence-corrected chi connectivity index (χ3v) is 4.38. The lowest BCUT2D eigenvalue weighted by molar-refractivity contribution is -0.143. The highest BCUT2D eigenvalue weighted by atomic mass is 79.9. The molecule has 0 fully saturated rings. The normalized spacial score (nSPS) is 11.8. The van der Waals surface area contributed by atoms with Crippen molar-refractivity contribution in [3.63, 3.8) is 0 Å². The third kappa shape index (κ3) is 3.73. The second-order valence-corrected chi connectivity index (χ2v) is 6.26. The van der Waals surface area contributed by atoms with Gasteiger partial charge in [0, 0.05) is 20.5 Å². The monoisotopic (exact) mass is 383 g/mol. The van der Waals surface area contributed by atoms with Crippen LogP contribution >= 0.6 is 27.3 Å². The smallest absolute Gasteiger partial charge is 0.330 e. The Morgan fingerprint density at radius 1 is 1.41 bits per heavy atom. The number of amides is 1. The van der Waals surface area contributed by atoms with Gasteiger partial charge in [0.15, 0.2) is 6.04 Å². The van der Waals surface area contributed by atoms with Crippen LogP contribution in [-0.2, 0) is 9.53 Å². The SMILES string of the molecule is COC(=O)C(CO)NC(=O)c1ccc(Br)cc1-c1cccs1. The quantitative estimate of drug-likeness (QED) is 0.777. The Labute approximate surface area is 140 Å². The van der Waals surface area contributed by atoms with E-state index >= 15 is 0 Å². The first kappa shape index (κ1) is 16.7. The molecule has 0 radical (unpaired) electrons. The zero-order valence-corrected chi connectivity index (χ0v) is 14.1. The summed E-state index contributed by atoms with van der Waals surface area (Å²) in [4.78, 5) is 24.8. The van der Waals surface area contributed by atoms with Crippen LogP contribution in [0.5, 0.6) is 0 Å². The van der Waals surface area contributed by atoms with Crippen LogP contribution in [-0.4, -0.2) is 36.7 Å². The van der Waals surface area contributed by atoms with Crippen LogP contribution in [0.25, 0.3) is 10.4 Å². The fraction of sp³-hybridized carbons (Fsp3) is 0.200. The van der Waals surface area contributed by atoms with E-state index in [1.165, 1.54) is 18.4 Å². The summed E-state index contributed by atoms with van der Waals surface area (Å²) >= 11 is 4.90. The van der Waals surface area contributed by atoms with Crippen LogP contribution in [0.2, 0.25) is 0 Å². The van der Waals surface area contributed by atoms with Crippen LogP contribution in [0, 0.1) is 0 Å². The summed E-state index contributed by atoms with van der Waals surface area (Å²) < 4.78 is 5.39. The first-order valence-electron chi connectivity index (χ1n) is 6.39. The van der Waals surface area contributed by atoms with E-state index in [1.807, 2.05) is 23.6 Å². The van der Waals surface area contributed by atoms with Gasteiger partial charge in [0.25, 0.3) is 5.91 Å². The molecule has 0 saturated heterocycles. The van der Waals surface area contributed by atoms with Crippen molar-refractivity contribution >= 4 is 39.1 Å². The number of hydrogen-bond donors (Lipinski definition) is 2. The van der Waals surface area contributed by atoms with Crippen molar-refractivity contribution in [2.75, 3.05) is 13.7 Å². The standard InChI is InChI=1S/C15H14BrNO4S/c1-21-15(20)12(8-18)17-14(19)10-5-4-9(16)7-11(10)13-3-2-6-22-13/h2-7,12,18H,8H2,1H3,(H,17,19). The molecule has 1 amide bonds. The summed E-state index contributed by atoms with van der Waals surface area (Å²) in [6.45, 7) is -0.525. The fourth-order valence-electron chi connectivity index (χ4n) is 1.91. The number of carbonyl (C=O) groups is 2. The number of hydrogen-bond acceptors (Lipinski definition) is 5. The molecular weight excluding hydrogens is 370 g/mol. The third-order valence-electron chi connectivity index (χ3n) is 2.99. The largest absolute Gasteiger partial charge is 0.467 e. The summed E-state index contributed by atoms with van der Waals surface area (Å²) in [6.07, 6.45) is 0. The number of halogens is 1. The molecule has 5 nitrogen and oxygen atoms in total. The molecule has 1 aromatic heterocycles. The maximum Gasteiger partial charge on any atom is 0.330 e. The summed E-state index contributed by atoms with van der Waals surface area (Å²) in [5, 5.41) is 13.6. The van der Waals surface area contributed by atoms with E-state index in [2.05, 4.69) is 26.0 Å². The Morgan fingerprint density at radius 2 is 2.18 bits per heavy atom. The van der Waals surface area contributed by atoms with Gasteiger partial charge in [0.05, 0.1) is 13.7 Å². The van der Waals surface area contributed by atoms with Gasteiger partial charge in [-0.25, -0.2) is 4.79 Å². The molecule has 7 heteroatoms. The molecule has 1 aromatic carbocycles. The minimum atomic E-state index is -1.09. The number of ether oxygens (including phenoxy) is 1. The van der Waals surface area contributed by atoms with E-state index in [-0.39, 0.29) is 0 Å². The topological polar surface area (TPSA) is 75.6 Å². The summed E-state index contributed by atoms with van der Waals surface area (Å²) in [6, 6.07) is 7.98. The number of rotatable bonds is 5. The zero-order chi connectivity index (χ0) is 16.1. The minimum absolute atomic E-state index is 0.424. The zero-order valence-electron chi connectivity index (χ0n) is 11.7. The number of nitrogens with one attached hydrogen (secondary N) is 1. The van der Waals surface area contributed by atoms with Crippen LogP contribution in [0.4, 0.5) is 0 Å². The predicted molar refractivity (Wildman–Crippen MR) is 87.8 cm³/mol. The van der Waals surface area contributed by atoms with Gasteiger partial charge in [-0.15, -0.1) is 11.3 Å². The Hall–Kier alpha value is -1.70. The molecule has 116 valence electrons. The maximum atomic E-state index is 12.4. The molecule has 0 bridgehead atoms. The Balaban J connectivity index is 2.32. The average Bonchev–Trinajstić information content (AvgIpc) is 3.05. The van der Waals surface area contributed by atoms with Gasteiger partial charge in [-0.1, -0.05) is 22.0 Å². The first-order valence-corrected chi connectivity index (χ1v) is 8.07. The molecule has 0 saturated carbocycles. The van der Waals surface area contributed by atoms with Gasteiger partial charge in [-0.2, -0.15) is 0 Å². The molecule has 1 heterocycles. The van der Waals surface area contributed by atoms with Crippen molar-refractivity contribution in [1.82, 2.24) is 5.32 Å². The lowest BCUT2D eigenvalue weighted by Crippen LogP contribution is -2.44. The molecule has 0 aliphatic heterocycles. The van der Waals surface area contributed by atoms with Crippen LogP contribution in [0.3, 0.4) is 0 Å². The molecular formula is C15H14BrNO4S. The Bertz CT molecular complexity index is 672. The van der Waals surface area contributed by atoms with Gasteiger partial charge in [-0.05, 0) is 29.6 Å². The Kier molecular flexibility index (Phi) is 5.70. The van der Waals surface area contributed by atoms with Crippen molar-refractivity contribution in [1.29, 1.82) is 0 Å². The van der Waals surface area contributed by atoms with Gasteiger partial charge >= 0.3 is 5.97 Å². The first-order chi connectivity index (χ1) is 10.6. The van der Waals surface area contributed by atoms with Crippen LogP contribution in [0.15, 0.2) is 40.2 Å². The van der Waals surface area contributed by atoms with E-state index in [1.54, 1.807) is 12.1 Å². The van der Waals surface area contributed by atoms with E-state index in [9.17, 15) is 14.7 Å². The number of aliphatic hydroxyl groups is 1. The highest BCUT2D eigenvalue weighted by molar-refractivity contribution is 9.10. The van der Waals surface area contributed by atoms with Gasteiger partial charge in [0.1, 0.15) is 0 Å². The highest BCUT2D eigenvalue weighted by Crippen LogP contribution is 2.30. The van der Waals surface area contributed by atoms with Gasteiger partial charge < -0.3 is 15.2 Å². The molecule has 0 aliphatic carbocycles. The van der Waals surface area contributed by atoms with E-state index in [4.69, 9.17) is 0 Å². The highest BCUT2D eigenvalue weighted by Gasteiger charge is 2.23. The average molecular weight is 384 g/mol. The van der Waals surface area contributed by atoms with Crippen molar-refractivity contribution in [3.8, 4) is 10.4 Å². The second-order valence-electron chi connectivity index (χ2n) is 4.40. The van der Waals surface area contributed by atoms with E-state index in [0.717, 1.165) is 14.9 Å². The minimum Gasteiger partial charge on any atom is -0.467 e. The maximum absolute atomic E-state index is 12.4. The summed E-state index contributed by atoms with van der Waals surface area (Å²) in [5.74, 6) is -1.13. The lowest BCUT2D eigenvalue weighted by atomic mass is 10.0. The molecule has 0 aliphatic rings. The molecule has 2 rings (SSSR count). The summed E-state index contributed by atoms with van der Waals surface area (Å²) in [5.41, 5.74) is 1.18. The number of methoxy groups -OCH3 is 1. The molecule has 1 unspecified atom stereocenters. The Morgan fingerprint density at radius 3 is 2.77 bits per heavy atom. The predicted octanol–water partition coefficient (Wildman–Crippen LogP) is 2.44. The number of thiophene rings is 1. The van der Waals surface area contributed by atoms with Gasteiger partial charge in [0.2, 0.25) is 0 Å². The van der Waals surface area contributed by atoms with Crippen molar-refractivity contribution in [3.05, 3.63) is 45.7 Å². The van der Waals surface area contributed by atoms with Crippen molar-refractivity contribution in [2.45, 2.75) is 6.04 Å².